The quantitative estimate of drug-likeness (QED) is 0.591. The third kappa shape index (κ3) is 2.10. The van der Waals surface area contributed by atoms with E-state index in [9.17, 15) is 4.79 Å². The highest BCUT2D eigenvalue weighted by molar-refractivity contribution is 5.97. The zero-order valence-electron chi connectivity index (χ0n) is 9.48. The van der Waals surface area contributed by atoms with Crippen LogP contribution in [0.3, 0.4) is 0 Å². The second-order valence-electron chi connectivity index (χ2n) is 3.68. The first-order valence-electron chi connectivity index (χ1n) is 5.06. The van der Waals surface area contributed by atoms with Gasteiger partial charge in [0.2, 0.25) is 0 Å². The summed E-state index contributed by atoms with van der Waals surface area (Å²) >= 11 is 0. The molecule has 0 aliphatic carbocycles. The number of hydrogen-bond donors (Lipinski definition) is 4. The normalized spacial score (nSPS) is 12.4. The SMILES string of the molecule is Cc1[nH]nc(C(=O)NC(C)c2ncn[nH]2)c1N. The van der Waals surface area contributed by atoms with E-state index in [2.05, 4.69) is 30.7 Å². The van der Waals surface area contributed by atoms with Gasteiger partial charge in [-0.2, -0.15) is 10.2 Å². The van der Waals surface area contributed by atoms with Gasteiger partial charge in [-0.05, 0) is 13.8 Å². The summed E-state index contributed by atoms with van der Waals surface area (Å²) in [5.41, 5.74) is 6.92. The van der Waals surface area contributed by atoms with Crippen molar-refractivity contribution >= 4 is 11.6 Å². The molecule has 0 aliphatic heterocycles. The molecule has 0 radical (unpaired) electrons. The minimum absolute atomic E-state index is 0.189. The topological polar surface area (TPSA) is 125 Å². The average molecular weight is 235 g/mol. The lowest BCUT2D eigenvalue weighted by Gasteiger charge is -2.09. The van der Waals surface area contributed by atoms with Crippen LogP contribution in [0.1, 0.15) is 35.0 Å². The number of anilines is 1. The van der Waals surface area contributed by atoms with Crippen molar-refractivity contribution < 1.29 is 4.79 Å². The maximum atomic E-state index is 11.8. The molecule has 0 aliphatic rings. The lowest BCUT2D eigenvalue weighted by molar-refractivity contribution is 0.0934. The number of hydrogen-bond acceptors (Lipinski definition) is 5. The van der Waals surface area contributed by atoms with E-state index in [0.29, 0.717) is 17.2 Å². The first-order chi connectivity index (χ1) is 8.09. The highest BCUT2D eigenvalue weighted by Crippen LogP contribution is 2.13. The lowest BCUT2D eigenvalue weighted by atomic mass is 10.2. The number of amides is 1. The third-order valence-corrected chi connectivity index (χ3v) is 2.40. The van der Waals surface area contributed by atoms with Gasteiger partial charge in [0.05, 0.1) is 17.4 Å². The highest BCUT2D eigenvalue weighted by Gasteiger charge is 2.18. The van der Waals surface area contributed by atoms with Crippen LogP contribution in [0.15, 0.2) is 6.33 Å². The predicted octanol–water partition coefficient (Wildman–Crippen LogP) is -0.0906. The number of H-pyrrole nitrogens is 2. The number of nitrogens with zero attached hydrogens (tertiary/aromatic N) is 3. The van der Waals surface area contributed by atoms with E-state index in [1.54, 1.807) is 13.8 Å². The monoisotopic (exact) mass is 235 g/mol. The van der Waals surface area contributed by atoms with Gasteiger partial charge in [0.25, 0.3) is 5.91 Å². The van der Waals surface area contributed by atoms with E-state index in [1.165, 1.54) is 6.33 Å². The molecule has 8 nitrogen and oxygen atoms in total. The van der Waals surface area contributed by atoms with Crippen molar-refractivity contribution in [2.45, 2.75) is 19.9 Å². The van der Waals surface area contributed by atoms with Crippen molar-refractivity contribution in [2.75, 3.05) is 5.73 Å². The van der Waals surface area contributed by atoms with E-state index >= 15 is 0 Å². The molecule has 0 fully saturated rings. The summed E-state index contributed by atoms with van der Waals surface area (Å²) in [5.74, 6) is 0.222. The Hall–Kier alpha value is -2.38. The Morgan fingerprint density at radius 3 is 2.82 bits per heavy atom. The minimum atomic E-state index is -0.351. The summed E-state index contributed by atoms with van der Waals surface area (Å²) in [6.07, 6.45) is 1.38. The van der Waals surface area contributed by atoms with Gasteiger partial charge in [0, 0.05) is 0 Å². The van der Waals surface area contributed by atoms with Crippen molar-refractivity contribution in [1.29, 1.82) is 0 Å². The van der Waals surface area contributed by atoms with Crippen molar-refractivity contribution in [1.82, 2.24) is 30.7 Å². The molecule has 2 aromatic rings. The minimum Gasteiger partial charge on any atom is -0.395 e. The number of nitrogens with two attached hydrogens (primary N) is 1. The fraction of sp³-hybridized carbons (Fsp3) is 0.333. The molecule has 1 unspecified atom stereocenters. The predicted molar refractivity (Wildman–Crippen MR) is 60.0 cm³/mol. The Morgan fingerprint density at radius 1 is 1.53 bits per heavy atom. The zero-order valence-corrected chi connectivity index (χ0v) is 9.48. The number of nitrogen functional groups attached to an aromatic ring is 1. The molecule has 2 rings (SSSR count). The van der Waals surface area contributed by atoms with Crippen LogP contribution in [-0.2, 0) is 0 Å². The number of rotatable bonds is 3. The Morgan fingerprint density at radius 2 is 2.29 bits per heavy atom. The summed E-state index contributed by atoms with van der Waals surface area (Å²) < 4.78 is 0. The number of nitrogens with one attached hydrogen (secondary N) is 3. The molecule has 0 spiro atoms. The van der Waals surface area contributed by atoms with Crippen LogP contribution in [0.4, 0.5) is 5.69 Å². The molecule has 1 amide bonds. The summed E-state index contributed by atoms with van der Waals surface area (Å²) in [4.78, 5) is 15.8. The van der Waals surface area contributed by atoms with Crippen molar-refractivity contribution in [3.05, 3.63) is 23.5 Å². The summed E-state index contributed by atoms with van der Waals surface area (Å²) in [6.45, 7) is 3.53. The summed E-state index contributed by atoms with van der Waals surface area (Å²) in [6, 6.07) is -0.290. The van der Waals surface area contributed by atoms with Crippen LogP contribution in [0, 0.1) is 6.92 Å². The Balaban J connectivity index is 2.10. The van der Waals surface area contributed by atoms with Gasteiger partial charge in [0.15, 0.2) is 5.69 Å². The van der Waals surface area contributed by atoms with Crippen LogP contribution in [0.25, 0.3) is 0 Å². The summed E-state index contributed by atoms with van der Waals surface area (Å²) in [5, 5.41) is 15.6. The van der Waals surface area contributed by atoms with Crippen LogP contribution < -0.4 is 11.1 Å². The highest BCUT2D eigenvalue weighted by atomic mass is 16.2. The van der Waals surface area contributed by atoms with Crippen LogP contribution in [-0.4, -0.2) is 31.3 Å². The van der Waals surface area contributed by atoms with Gasteiger partial charge in [0.1, 0.15) is 12.2 Å². The smallest absolute Gasteiger partial charge is 0.274 e. The fourth-order valence-corrected chi connectivity index (χ4v) is 1.37. The van der Waals surface area contributed by atoms with E-state index < -0.39 is 0 Å². The number of carbonyl (C=O) groups excluding carboxylic acids is 1. The third-order valence-electron chi connectivity index (χ3n) is 2.40. The second kappa shape index (κ2) is 4.24. The average Bonchev–Trinajstić information content (AvgIpc) is 2.90. The van der Waals surface area contributed by atoms with E-state index in [-0.39, 0.29) is 17.6 Å². The van der Waals surface area contributed by atoms with Crippen LogP contribution >= 0.6 is 0 Å². The molecule has 2 heterocycles. The number of aryl methyl sites for hydroxylation is 1. The van der Waals surface area contributed by atoms with Crippen molar-refractivity contribution in [3.8, 4) is 0 Å². The number of aromatic amines is 2. The van der Waals surface area contributed by atoms with E-state index in [4.69, 9.17) is 5.73 Å². The largest absolute Gasteiger partial charge is 0.395 e. The molecular weight excluding hydrogens is 222 g/mol. The molecule has 0 bridgehead atoms. The molecule has 0 saturated carbocycles. The summed E-state index contributed by atoms with van der Waals surface area (Å²) in [7, 11) is 0. The van der Waals surface area contributed by atoms with Crippen LogP contribution in [0.2, 0.25) is 0 Å². The molecule has 2 aromatic heterocycles. The van der Waals surface area contributed by atoms with Gasteiger partial charge in [-0.3, -0.25) is 15.0 Å². The van der Waals surface area contributed by atoms with Gasteiger partial charge in [-0.1, -0.05) is 0 Å². The Kier molecular flexibility index (Phi) is 2.77. The molecule has 8 heteroatoms. The Labute approximate surface area is 97.0 Å². The molecule has 17 heavy (non-hydrogen) atoms. The van der Waals surface area contributed by atoms with E-state index in [0.717, 1.165) is 0 Å². The van der Waals surface area contributed by atoms with Gasteiger partial charge in [-0.15, -0.1) is 0 Å². The maximum Gasteiger partial charge on any atom is 0.274 e. The van der Waals surface area contributed by atoms with Gasteiger partial charge in [-0.25, -0.2) is 4.98 Å². The Bertz CT molecular complexity index is 515. The van der Waals surface area contributed by atoms with Crippen LogP contribution in [0.5, 0.6) is 0 Å². The van der Waals surface area contributed by atoms with Gasteiger partial charge < -0.3 is 11.1 Å². The molecule has 0 saturated heterocycles. The van der Waals surface area contributed by atoms with Gasteiger partial charge >= 0.3 is 0 Å². The molecular formula is C9H13N7O. The van der Waals surface area contributed by atoms with Crippen molar-refractivity contribution in [2.24, 2.45) is 0 Å². The van der Waals surface area contributed by atoms with Crippen molar-refractivity contribution in [3.63, 3.8) is 0 Å². The fourth-order valence-electron chi connectivity index (χ4n) is 1.37. The zero-order chi connectivity index (χ0) is 12.4. The second-order valence-corrected chi connectivity index (χ2v) is 3.68. The van der Waals surface area contributed by atoms with E-state index in [1.807, 2.05) is 0 Å². The molecule has 5 N–H and O–H groups in total. The maximum absolute atomic E-state index is 11.8. The first-order valence-corrected chi connectivity index (χ1v) is 5.06. The molecule has 0 aromatic carbocycles. The number of carbonyl (C=O) groups is 1. The lowest BCUT2D eigenvalue weighted by Crippen LogP contribution is -2.28. The number of aromatic nitrogens is 5. The standard InChI is InChI=1S/C9H13N7O/c1-4-6(10)7(15-14-4)9(17)13-5(2)8-11-3-12-16-8/h3,5H,10H2,1-2H3,(H,13,17)(H,14,15)(H,11,12,16). The first kappa shape index (κ1) is 11.1. The molecule has 1 atom stereocenters. The molecule has 90 valence electrons.